The number of methoxy groups -OCH3 is 1. The number of pyridine rings is 1. The monoisotopic (exact) mass is 466 g/mol. The van der Waals surface area contributed by atoms with Crippen molar-refractivity contribution in [3.63, 3.8) is 0 Å². The minimum atomic E-state index is -0.327. The molecule has 8 heteroatoms. The van der Waals surface area contributed by atoms with Gasteiger partial charge in [0.15, 0.2) is 5.82 Å². The first-order chi connectivity index (χ1) is 15.4. The highest BCUT2D eigenvalue weighted by atomic mass is 35.5. The van der Waals surface area contributed by atoms with Crippen LogP contribution >= 0.6 is 23.2 Å². The molecule has 0 fully saturated rings. The van der Waals surface area contributed by atoms with E-state index < -0.39 is 0 Å². The normalized spacial score (nSPS) is 11.3. The van der Waals surface area contributed by atoms with E-state index in [1.54, 1.807) is 42.1 Å². The molecule has 0 saturated carbocycles. The van der Waals surface area contributed by atoms with Crippen molar-refractivity contribution in [3.05, 3.63) is 81.5 Å². The fourth-order valence-electron chi connectivity index (χ4n) is 3.38. The number of halogens is 2. The Morgan fingerprint density at radius 1 is 1.12 bits per heavy atom. The summed E-state index contributed by atoms with van der Waals surface area (Å²) in [4.78, 5) is 17.3. The Balaban J connectivity index is 1.66. The number of anilines is 1. The maximum Gasteiger partial charge on any atom is 0.249 e. The van der Waals surface area contributed by atoms with Crippen LogP contribution in [0.25, 0.3) is 22.8 Å². The molecule has 32 heavy (non-hydrogen) atoms. The summed E-state index contributed by atoms with van der Waals surface area (Å²) in [6, 6.07) is 14.6. The van der Waals surface area contributed by atoms with Crippen molar-refractivity contribution < 1.29 is 9.53 Å². The number of carbonyl (C=O) groups is 1. The molecular formula is C24H20Cl2N4O2. The van der Waals surface area contributed by atoms with Crippen LogP contribution in [0, 0.1) is 13.8 Å². The van der Waals surface area contributed by atoms with E-state index in [2.05, 4.69) is 10.4 Å². The number of para-hydroxylation sites is 1. The van der Waals surface area contributed by atoms with Crippen LogP contribution in [0.15, 0.2) is 54.6 Å². The van der Waals surface area contributed by atoms with Crippen LogP contribution in [0.1, 0.15) is 16.8 Å². The van der Waals surface area contributed by atoms with Gasteiger partial charge in [-0.25, -0.2) is 4.98 Å². The van der Waals surface area contributed by atoms with Crippen molar-refractivity contribution in [1.29, 1.82) is 0 Å². The Hall–Kier alpha value is -3.35. The Labute approximate surface area is 195 Å². The second-order valence-electron chi connectivity index (χ2n) is 7.22. The van der Waals surface area contributed by atoms with E-state index >= 15 is 0 Å². The molecule has 0 spiro atoms. The Morgan fingerprint density at radius 3 is 2.69 bits per heavy atom. The lowest BCUT2D eigenvalue weighted by molar-refractivity contribution is -0.111. The molecule has 0 aliphatic heterocycles. The van der Waals surface area contributed by atoms with E-state index in [-0.39, 0.29) is 5.91 Å². The van der Waals surface area contributed by atoms with Crippen LogP contribution in [-0.4, -0.2) is 27.8 Å². The summed E-state index contributed by atoms with van der Waals surface area (Å²) in [6.45, 7) is 3.85. The van der Waals surface area contributed by atoms with Crippen molar-refractivity contribution in [2.75, 3.05) is 12.4 Å². The van der Waals surface area contributed by atoms with Crippen LogP contribution in [-0.2, 0) is 4.79 Å². The molecule has 0 atom stereocenters. The molecule has 0 saturated heterocycles. The molecule has 1 N–H and O–H groups in total. The minimum absolute atomic E-state index is 0.327. The van der Waals surface area contributed by atoms with Gasteiger partial charge in [-0.15, -0.1) is 0 Å². The number of fused-ring (bicyclic) bond motifs is 1. The lowest BCUT2D eigenvalue weighted by Crippen LogP contribution is -2.13. The average Bonchev–Trinajstić information content (AvgIpc) is 3.12. The fourth-order valence-corrected chi connectivity index (χ4v) is 3.85. The number of ether oxygens (including phenoxy) is 1. The van der Waals surface area contributed by atoms with Crippen LogP contribution in [0.5, 0.6) is 5.75 Å². The number of nitrogens with zero attached hydrogens (tertiary/aromatic N) is 3. The number of rotatable bonds is 5. The van der Waals surface area contributed by atoms with E-state index in [0.29, 0.717) is 33.0 Å². The molecule has 2 aromatic heterocycles. The van der Waals surface area contributed by atoms with Gasteiger partial charge in [-0.05, 0) is 55.3 Å². The van der Waals surface area contributed by atoms with E-state index in [1.807, 2.05) is 38.1 Å². The number of aromatic nitrogens is 3. The highest BCUT2D eigenvalue weighted by molar-refractivity contribution is 6.35. The summed E-state index contributed by atoms with van der Waals surface area (Å²) < 4.78 is 7.08. The number of hydrogen-bond acceptors (Lipinski definition) is 4. The lowest BCUT2D eigenvalue weighted by Gasteiger charge is -2.12. The highest BCUT2D eigenvalue weighted by Gasteiger charge is 2.14. The van der Waals surface area contributed by atoms with Gasteiger partial charge in [-0.2, -0.15) is 9.78 Å². The maximum absolute atomic E-state index is 12.6. The van der Waals surface area contributed by atoms with Gasteiger partial charge in [0.1, 0.15) is 17.1 Å². The summed E-state index contributed by atoms with van der Waals surface area (Å²) >= 11 is 12.1. The Kier molecular flexibility index (Phi) is 6.17. The zero-order chi connectivity index (χ0) is 22.8. The van der Waals surface area contributed by atoms with Crippen molar-refractivity contribution in [2.45, 2.75) is 13.8 Å². The van der Waals surface area contributed by atoms with Crippen LogP contribution in [0.2, 0.25) is 10.0 Å². The first-order valence-corrected chi connectivity index (χ1v) is 10.6. The number of carbonyl (C=O) groups excluding carboxylic acids is 1. The van der Waals surface area contributed by atoms with Gasteiger partial charge in [-0.1, -0.05) is 41.4 Å². The van der Waals surface area contributed by atoms with Gasteiger partial charge in [-0.3, -0.25) is 4.79 Å². The molecule has 4 rings (SSSR count). The molecule has 162 valence electrons. The molecule has 4 aromatic rings. The van der Waals surface area contributed by atoms with Gasteiger partial charge < -0.3 is 10.1 Å². The third kappa shape index (κ3) is 4.47. The molecule has 6 nitrogen and oxygen atoms in total. The number of aryl methyl sites for hydroxylation is 2. The Morgan fingerprint density at radius 2 is 1.94 bits per heavy atom. The predicted octanol–water partition coefficient (Wildman–Crippen LogP) is 6.00. The Bertz CT molecular complexity index is 1360. The first kappa shape index (κ1) is 21.9. The summed E-state index contributed by atoms with van der Waals surface area (Å²) in [5, 5.41) is 9.37. The van der Waals surface area contributed by atoms with Gasteiger partial charge in [0, 0.05) is 27.6 Å². The maximum atomic E-state index is 12.6. The van der Waals surface area contributed by atoms with Crippen molar-refractivity contribution in [3.8, 4) is 11.6 Å². The number of nitrogens with one attached hydrogen (secondary N) is 1. The van der Waals surface area contributed by atoms with E-state index in [0.717, 1.165) is 22.2 Å². The largest absolute Gasteiger partial charge is 0.494 e. The molecule has 2 heterocycles. The van der Waals surface area contributed by atoms with Crippen LogP contribution < -0.4 is 10.1 Å². The zero-order valence-electron chi connectivity index (χ0n) is 17.7. The third-order valence-corrected chi connectivity index (χ3v) is 5.45. The topological polar surface area (TPSA) is 69.0 Å². The highest BCUT2D eigenvalue weighted by Crippen LogP contribution is 2.28. The number of benzene rings is 2. The third-order valence-electron chi connectivity index (χ3n) is 4.89. The number of amides is 1. The zero-order valence-corrected chi connectivity index (χ0v) is 19.2. The van der Waals surface area contributed by atoms with E-state index in [9.17, 15) is 4.79 Å². The summed E-state index contributed by atoms with van der Waals surface area (Å²) in [5.74, 6) is 1.42. The standard InChI is InChI=1S/C24H20Cl2N4O2/c1-14-11-21(28-24-18(14)5-4-6-20(24)32-3)30-22(12-15(2)29-30)27-23(31)10-8-16-7-9-17(25)13-19(16)26/h4-13H,1-3H3,(H,27,31)/b10-8+. The summed E-state index contributed by atoms with van der Waals surface area (Å²) in [5.41, 5.74) is 3.18. The molecule has 0 radical (unpaired) electrons. The average molecular weight is 467 g/mol. The predicted molar refractivity (Wildman–Crippen MR) is 129 cm³/mol. The fraction of sp³-hybridized carbons (Fsp3) is 0.125. The van der Waals surface area contributed by atoms with E-state index in [1.165, 1.54) is 6.08 Å². The second-order valence-corrected chi connectivity index (χ2v) is 8.07. The van der Waals surface area contributed by atoms with Gasteiger partial charge >= 0.3 is 0 Å². The van der Waals surface area contributed by atoms with Gasteiger partial charge in [0.05, 0.1) is 12.8 Å². The van der Waals surface area contributed by atoms with Gasteiger partial charge in [0.2, 0.25) is 5.91 Å². The molecule has 0 aliphatic carbocycles. The smallest absolute Gasteiger partial charge is 0.249 e. The van der Waals surface area contributed by atoms with Crippen molar-refractivity contribution in [2.24, 2.45) is 0 Å². The van der Waals surface area contributed by atoms with E-state index in [4.69, 9.17) is 32.9 Å². The first-order valence-electron chi connectivity index (χ1n) is 9.81. The summed E-state index contributed by atoms with van der Waals surface area (Å²) in [6.07, 6.45) is 3.04. The molecular weight excluding hydrogens is 447 g/mol. The molecule has 0 bridgehead atoms. The minimum Gasteiger partial charge on any atom is -0.494 e. The summed E-state index contributed by atoms with van der Waals surface area (Å²) in [7, 11) is 1.61. The molecule has 2 aromatic carbocycles. The molecule has 0 unspecified atom stereocenters. The SMILES string of the molecule is COc1cccc2c(C)cc(-n3nc(C)cc3NC(=O)/C=C/c3ccc(Cl)cc3Cl)nc12. The van der Waals surface area contributed by atoms with Crippen LogP contribution in [0.4, 0.5) is 5.82 Å². The molecule has 1 amide bonds. The number of hydrogen-bond donors (Lipinski definition) is 1. The lowest BCUT2D eigenvalue weighted by atomic mass is 10.1. The van der Waals surface area contributed by atoms with Crippen LogP contribution in [0.3, 0.4) is 0 Å². The molecule has 0 aliphatic rings. The quantitative estimate of drug-likeness (QED) is 0.366. The second kappa shape index (κ2) is 9.02. The van der Waals surface area contributed by atoms with Crippen molar-refractivity contribution >= 4 is 51.9 Å². The van der Waals surface area contributed by atoms with Gasteiger partial charge in [0.25, 0.3) is 0 Å². The van der Waals surface area contributed by atoms with Crippen molar-refractivity contribution in [1.82, 2.24) is 14.8 Å².